The van der Waals surface area contributed by atoms with Gasteiger partial charge in [0, 0.05) is 37.1 Å². The summed E-state index contributed by atoms with van der Waals surface area (Å²) in [5.41, 5.74) is 9.94. The first-order valence-corrected chi connectivity index (χ1v) is 7.80. The molecule has 0 radical (unpaired) electrons. The highest BCUT2D eigenvalue weighted by Crippen LogP contribution is 2.31. The standard InChI is InChI=1S/C17H21N5O/c1-2-19-17(23)22-9-7-12-5-6-14(10-15(12)22)21-11-13-4-3-8-20-16(13)18/h3-6,8,10,21H,2,7,9,11H2,1H3,(H2,18,20)(H,19,23). The molecule has 0 saturated carbocycles. The van der Waals surface area contributed by atoms with Gasteiger partial charge in [-0.2, -0.15) is 0 Å². The molecule has 0 spiro atoms. The molecule has 120 valence electrons. The van der Waals surface area contributed by atoms with Crippen LogP contribution in [0.3, 0.4) is 0 Å². The van der Waals surface area contributed by atoms with Crippen LogP contribution in [-0.4, -0.2) is 24.1 Å². The van der Waals surface area contributed by atoms with Gasteiger partial charge >= 0.3 is 6.03 Å². The van der Waals surface area contributed by atoms with Crippen molar-refractivity contribution in [2.24, 2.45) is 0 Å². The van der Waals surface area contributed by atoms with E-state index in [2.05, 4.69) is 21.7 Å². The highest BCUT2D eigenvalue weighted by atomic mass is 16.2. The minimum atomic E-state index is -0.0418. The van der Waals surface area contributed by atoms with E-state index in [0.29, 0.717) is 18.9 Å². The van der Waals surface area contributed by atoms with Crippen LogP contribution < -0.4 is 21.3 Å². The molecule has 3 rings (SSSR count). The molecule has 0 unspecified atom stereocenters. The van der Waals surface area contributed by atoms with Crippen LogP contribution in [0.1, 0.15) is 18.1 Å². The lowest BCUT2D eigenvalue weighted by molar-refractivity contribution is 0.247. The fourth-order valence-corrected chi connectivity index (χ4v) is 2.74. The molecule has 2 heterocycles. The molecule has 0 fully saturated rings. The Morgan fingerprint density at radius 2 is 2.26 bits per heavy atom. The van der Waals surface area contributed by atoms with Gasteiger partial charge in [0.1, 0.15) is 5.82 Å². The Bertz CT molecular complexity index is 716. The lowest BCUT2D eigenvalue weighted by Gasteiger charge is -2.18. The number of fused-ring (bicyclic) bond motifs is 1. The van der Waals surface area contributed by atoms with Gasteiger partial charge in [-0.25, -0.2) is 9.78 Å². The summed E-state index contributed by atoms with van der Waals surface area (Å²) in [4.78, 5) is 18.0. The van der Waals surface area contributed by atoms with E-state index in [1.54, 1.807) is 11.1 Å². The first-order valence-electron chi connectivity index (χ1n) is 7.80. The molecule has 6 heteroatoms. The number of anilines is 3. The van der Waals surface area contributed by atoms with E-state index in [-0.39, 0.29) is 6.03 Å². The molecule has 0 saturated heterocycles. The van der Waals surface area contributed by atoms with E-state index in [4.69, 9.17) is 5.73 Å². The van der Waals surface area contributed by atoms with Crippen molar-refractivity contribution in [2.75, 3.05) is 29.0 Å². The summed E-state index contributed by atoms with van der Waals surface area (Å²) in [5, 5.41) is 6.20. The topological polar surface area (TPSA) is 83.3 Å². The molecular formula is C17H21N5O. The molecular weight excluding hydrogens is 290 g/mol. The predicted octanol–water partition coefficient (Wildman–Crippen LogP) is 2.37. The number of aromatic nitrogens is 1. The number of pyridine rings is 1. The molecule has 4 N–H and O–H groups in total. The number of carbonyl (C=O) groups is 1. The summed E-state index contributed by atoms with van der Waals surface area (Å²) < 4.78 is 0. The second-order valence-corrected chi connectivity index (χ2v) is 5.48. The minimum absolute atomic E-state index is 0.0418. The van der Waals surface area contributed by atoms with Gasteiger partial charge in [-0.3, -0.25) is 4.90 Å². The molecule has 2 aromatic rings. The van der Waals surface area contributed by atoms with Crippen LogP contribution >= 0.6 is 0 Å². The second-order valence-electron chi connectivity index (χ2n) is 5.48. The van der Waals surface area contributed by atoms with E-state index < -0.39 is 0 Å². The number of nitrogen functional groups attached to an aromatic ring is 1. The Morgan fingerprint density at radius 3 is 3.04 bits per heavy atom. The summed E-state index contributed by atoms with van der Waals surface area (Å²) in [7, 11) is 0. The van der Waals surface area contributed by atoms with Crippen molar-refractivity contribution in [1.82, 2.24) is 10.3 Å². The van der Waals surface area contributed by atoms with Crippen LogP contribution in [0.2, 0.25) is 0 Å². The van der Waals surface area contributed by atoms with E-state index in [1.807, 2.05) is 31.2 Å². The third-order valence-electron chi connectivity index (χ3n) is 3.96. The summed E-state index contributed by atoms with van der Waals surface area (Å²) in [6.45, 7) is 3.87. The maximum atomic E-state index is 12.1. The first-order chi connectivity index (χ1) is 11.2. The quantitative estimate of drug-likeness (QED) is 0.809. The summed E-state index contributed by atoms with van der Waals surface area (Å²) in [6.07, 6.45) is 2.57. The van der Waals surface area contributed by atoms with E-state index >= 15 is 0 Å². The smallest absolute Gasteiger partial charge is 0.321 e. The number of urea groups is 1. The van der Waals surface area contributed by atoms with E-state index in [0.717, 1.165) is 29.9 Å². The first kappa shape index (κ1) is 15.1. The number of hydrogen-bond acceptors (Lipinski definition) is 4. The van der Waals surface area contributed by atoms with Crippen molar-refractivity contribution in [1.29, 1.82) is 0 Å². The predicted molar refractivity (Wildman–Crippen MR) is 92.5 cm³/mol. The SMILES string of the molecule is CCNC(=O)N1CCc2ccc(NCc3cccnc3N)cc21. The van der Waals surface area contributed by atoms with Gasteiger partial charge in [0.15, 0.2) is 0 Å². The molecule has 0 atom stereocenters. The Balaban J connectivity index is 1.74. The number of amides is 2. The van der Waals surface area contributed by atoms with Gasteiger partial charge in [-0.05, 0) is 37.1 Å². The van der Waals surface area contributed by atoms with Gasteiger partial charge in [-0.15, -0.1) is 0 Å². The zero-order valence-electron chi connectivity index (χ0n) is 13.2. The fourth-order valence-electron chi connectivity index (χ4n) is 2.74. The van der Waals surface area contributed by atoms with E-state index in [1.165, 1.54) is 5.56 Å². The van der Waals surface area contributed by atoms with Gasteiger partial charge in [-0.1, -0.05) is 12.1 Å². The van der Waals surface area contributed by atoms with Crippen LogP contribution in [0, 0.1) is 0 Å². The van der Waals surface area contributed by atoms with Crippen LogP contribution in [0.15, 0.2) is 36.5 Å². The molecule has 0 aliphatic carbocycles. The van der Waals surface area contributed by atoms with Gasteiger partial charge in [0.2, 0.25) is 0 Å². The third kappa shape index (κ3) is 3.21. The summed E-state index contributed by atoms with van der Waals surface area (Å²) in [5.74, 6) is 0.533. The van der Waals surface area contributed by atoms with E-state index in [9.17, 15) is 4.79 Å². The molecule has 1 aromatic heterocycles. The van der Waals surface area contributed by atoms with Crippen LogP contribution in [0.25, 0.3) is 0 Å². The highest BCUT2D eigenvalue weighted by Gasteiger charge is 2.24. The van der Waals surface area contributed by atoms with Crippen LogP contribution in [0.5, 0.6) is 0 Å². The van der Waals surface area contributed by atoms with Crippen molar-refractivity contribution >= 4 is 23.2 Å². The summed E-state index contributed by atoms with van der Waals surface area (Å²) in [6, 6.07) is 9.90. The van der Waals surface area contributed by atoms with Crippen molar-refractivity contribution in [3.8, 4) is 0 Å². The molecule has 0 bridgehead atoms. The molecule has 6 nitrogen and oxygen atoms in total. The number of nitrogens with zero attached hydrogens (tertiary/aromatic N) is 2. The normalized spacial score (nSPS) is 12.8. The Morgan fingerprint density at radius 1 is 1.39 bits per heavy atom. The minimum Gasteiger partial charge on any atom is -0.383 e. The molecule has 1 aromatic carbocycles. The Hall–Kier alpha value is -2.76. The van der Waals surface area contributed by atoms with Crippen LogP contribution in [0.4, 0.5) is 22.0 Å². The van der Waals surface area contributed by atoms with Crippen molar-refractivity contribution in [2.45, 2.75) is 19.9 Å². The Labute approximate surface area is 135 Å². The van der Waals surface area contributed by atoms with Crippen molar-refractivity contribution in [3.63, 3.8) is 0 Å². The monoisotopic (exact) mass is 311 g/mol. The molecule has 2 amide bonds. The number of rotatable bonds is 4. The average Bonchev–Trinajstić information content (AvgIpc) is 2.97. The second kappa shape index (κ2) is 6.56. The van der Waals surface area contributed by atoms with Crippen LogP contribution in [-0.2, 0) is 13.0 Å². The lowest BCUT2D eigenvalue weighted by atomic mass is 10.1. The average molecular weight is 311 g/mol. The number of nitrogens with one attached hydrogen (secondary N) is 2. The van der Waals surface area contributed by atoms with Crippen molar-refractivity contribution < 1.29 is 4.79 Å². The maximum Gasteiger partial charge on any atom is 0.321 e. The fraction of sp³-hybridized carbons (Fsp3) is 0.294. The zero-order chi connectivity index (χ0) is 16.2. The van der Waals surface area contributed by atoms with Gasteiger partial charge in [0.05, 0.1) is 5.69 Å². The number of benzene rings is 1. The molecule has 1 aliphatic heterocycles. The molecule has 1 aliphatic rings. The molecule has 23 heavy (non-hydrogen) atoms. The largest absolute Gasteiger partial charge is 0.383 e. The van der Waals surface area contributed by atoms with Gasteiger partial charge in [0.25, 0.3) is 0 Å². The zero-order valence-corrected chi connectivity index (χ0v) is 13.2. The summed E-state index contributed by atoms with van der Waals surface area (Å²) >= 11 is 0. The van der Waals surface area contributed by atoms with Gasteiger partial charge < -0.3 is 16.4 Å². The lowest BCUT2D eigenvalue weighted by Crippen LogP contribution is -2.38. The Kier molecular flexibility index (Phi) is 4.32. The maximum absolute atomic E-state index is 12.1. The number of hydrogen-bond donors (Lipinski definition) is 3. The number of nitrogens with two attached hydrogens (primary N) is 1. The van der Waals surface area contributed by atoms with Crippen molar-refractivity contribution in [3.05, 3.63) is 47.7 Å². The highest BCUT2D eigenvalue weighted by molar-refractivity contribution is 5.94. The third-order valence-corrected chi connectivity index (χ3v) is 3.96. The number of carbonyl (C=O) groups excluding carboxylic acids is 1.